The molecule has 0 amide bonds. The molecule has 190 valence electrons. The van der Waals surface area contributed by atoms with E-state index in [0.717, 1.165) is 0 Å². The van der Waals surface area contributed by atoms with E-state index in [-0.39, 0.29) is 14.5 Å². The normalized spacial score (nSPS) is 12.4. The number of hydrogen-bond acceptors (Lipinski definition) is 0. The van der Waals surface area contributed by atoms with Crippen molar-refractivity contribution in [3.63, 3.8) is 0 Å². The molecular weight excluding hydrogens is 563 g/mol. The summed E-state index contributed by atoms with van der Waals surface area (Å²) < 4.78 is 7.88. The van der Waals surface area contributed by atoms with Gasteiger partial charge >= 0.3 is 242 Å². The number of pyridine rings is 1. The molecule has 10 rings (SSSR count). The van der Waals surface area contributed by atoms with Gasteiger partial charge in [0.05, 0.1) is 0 Å². The Balaban J connectivity index is 1.29. The summed E-state index contributed by atoms with van der Waals surface area (Å²) >= 11 is 0.166. The first-order chi connectivity index (χ1) is 20.3. The van der Waals surface area contributed by atoms with E-state index >= 15 is 0 Å². The number of para-hydroxylation sites is 3. The van der Waals surface area contributed by atoms with E-state index < -0.39 is 0 Å². The predicted molar refractivity (Wildman–Crippen MR) is 175 cm³/mol. The Morgan fingerprint density at radius 3 is 1.90 bits per heavy atom. The molecule has 0 saturated heterocycles. The SMILES string of the molecule is c1cc(-c2cc3c4cccc5ccc6c7ccccc7n(c3[se]2)c6c54)cc(-n2c3ccccc3c3ccccc32)c1. The molecule has 0 atom stereocenters. The molecule has 10 aromatic rings. The van der Waals surface area contributed by atoms with E-state index in [0.29, 0.717) is 0 Å². The fourth-order valence-electron chi connectivity index (χ4n) is 7.14. The van der Waals surface area contributed by atoms with Gasteiger partial charge in [-0.25, -0.2) is 0 Å². The third-order valence-corrected chi connectivity index (χ3v) is 11.3. The molecule has 4 aromatic heterocycles. The van der Waals surface area contributed by atoms with E-state index in [9.17, 15) is 0 Å². The van der Waals surface area contributed by atoms with E-state index in [1.807, 2.05) is 0 Å². The molecule has 2 nitrogen and oxygen atoms in total. The van der Waals surface area contributed by atoms with E-state index in [1.165, 1.54) is 85.2 Å². The summed E-state index contributed by atoms with van der Waals surface area (Å²) in [6, 6.07) is 49.4. The van der Waals surface area contributed by atoms with Gasteiger partial charge in [-0.15, -0.1) is 0 Å². The minimum absolute atomic E-state index is 0.166. The second kappa shape index (κ2) is 7.89. The van der Waals surface area contributed by atoms with Crippen molar-refractivity contribution in [1.29, 1.82) is 0 Å². The molecule has 41 heavy (non-hydrogen) atoms. The van der Waals surface area contributed by atoms with Crippen molar-refractivity contribution in [3.8, 4) is 15.7 Å². The van der Waals surface area contributed by atoms with Crippen LogP contribution in [0.5, 0.6) is 0 Å². The van der Waals surface area contributed by atoms with E-state index in [4.69, 9.17) is 0 Å². The average Bonchev–Trinajstić information content (AvgIpc) is 3.72. The zero-order chi connectivity index (χ0) is 26.7. The van der Waals surface area contributed by atoms with Crippen LogP contribution in [0.2, 0.25) is 0 Å². The Morgan fingerprint density at radius 1 is 0.463 bits per heavy atom. The Hall–Kier alpha value is -4.82. The zero-order valence-electron chi connectivity index (χ0n) is 22.0. The van der Waals surface area contributed by atoms with Gasteiger partial charge in [0.15, 0.2) is 0 Å². The van der Waals surface area contributed by atoms with Crippen LogP contribution in [-0.2, 0) is 0 Å². The number of hydrogen-bond donors (Lipinski definition) is 0. The molecular formula is C38H22N2Se. The summed E-state index contributed by atoms with van der Waals surface area (Å²) in [5.41, 5.74) is 7.69. The molecule has 0 unspecified atom stereocenters. The van der Waals surface area contributed by atoms with Crippen molar-refractivity contribution < 1.29 is 0 Å². The van der Waals surface area contributed by atoms with E-state index in [1.54, 1.807) is 0 Å². The molecule has 0 N–H and O–H groups in total. The van der Waals surface area contributed by atoms with Crippen molar-refractivity contribution in [1.82, 2.24) is 8.97 Å². The Bertz CT molecular complexity index is 2590. The van der Waals surface area contributed by atoms with Crippen LogP contribution >= 0.6 is 0 Å². The van der Waals surface area contributed by atoms with Crippen LogP contribution in [0.1, 0.15) is 0 Å². The predicted octanol–water partition coefficient (Wildman–Crippen LogP) is 9.81. The molecule has 0 aliphatic heterocycles. The number of nitrogens with zero attached hydrogens (tertiary/aromatic N) is 2. The summed E-state index contributed by atoms with van der Waals surface area (Å²) in [6.45, 7) is 0. The van der Waals surface area contributed by atoms with Crippen LogP contribution in [0.15, 0.2) is 133 Å². The van der Waals surface area contributed by atoms with Gasteiger partial charge in [0.1, 0.15) is 0 Å². The molecule has 0 spiro atoms. The summed E-state index contributed by atoms with van der Waals surface area (Å²) in [6.07, 6.45) is 0. The molecule has 4 heterocycles. The molecule has 3 heteroatoms. The van der Waals surface area contributed by atoms with Crippen LogP contribution in [-0.4, -0.2) is 23.5 Å². The maximum atomic E-state index is 2.58. The second-order valence-electron chi connectivity index (χ2n) is 11.0. The summed E-state index contributed by atoms with van der Waals surface area (Å²) in [7, 11) is 0. The quantitative estimate of drug-likeness (QED) is 0.179. The van der Waals surface area contributed by atoms with Crippen molar-refractivity contribution >= 4 is 84.1 Å². The number of fused-ring (bicyclic) bond motifs is 9. The van der Waals surface area contributed by atoms with Crippen molar-refractivity contribution in [2.75, 3.05) is 0 Å². The molecule has 0 bridgehead atoms. The van der Waals surface area contributed by atoms with Gasteiger partial charge < -0.3 is 0 Å². The first-order valence-corrected chi connectivity index (χ1v) is 15.7. The van der Waals surface area contributed by atoms with Gasteiger partial charge in [0, 0.05) is 0 Å². The van der Waals surface area contributed by atoms with Crippen molar-refractivity contribution in [2.24, 2.45) is 0 Å². The van der Waals surface area contributed by atoms with Gasteiger partial charge in [-0.2, -0.15) is 0 Å². The number of aromatic nitrogens is 2. The third-order valence-electron chi connectivity index (χ3n) is 8.85. The minimum atomic E-state index is 0.166. The monoisotopic (exact) mass is 586 g/mol. The molecule has 0 saturated carbocycles. The van der Waals surface area contributed by atoms with Crippen LogP contribution in [0, 0.1) is 0 Å². The number of rotatable bonds is 2. The molecule has 0 aliphatic rings. The van der Waals surface area contributed by atoms with Crippen LogP contribution in [0.25, 0.3) is 85.2 Å². The van der Waals surface area contributed by atoms with Gasteiger partial charge in [-0.1, -0.05) is 0 Å². The molecule has 0 fully saturated rings. The van der Waals surface area contributed by atoms with Gasteiger partial charge in [-0.05, 0) is 0 Å². The third kappa shape index (κ3) is 2.82. The van der Waals surface area contributed by atoms with E-state index in [2.05, 4.69) is 142 Å². The summed E-state index contributed by atoms with van der Waals surface area (Å²) in [5.74, 6) is 0. The fraction of sp³-hybridized carbons (Fsp3) is 0. The summed E-state index contributed by atoms with van der Waals surface area (Å²) in [4.78, 5) is 0. The van der Waals surface area contributed by atoms with Crippen molar-refractivity contribution in [2.45, 2.75) is 0 Å². The first-order valence-electron chi connectivity index (χ1n) is 14.0. The Labute approximate surface area is 241 Å². The van der Waals surface area contributed by atoms with Gasteiger partial charge in [0.25, 0.3) is 0 Å². The molecule has 6 aromatic carbocycles. The van der Waals surface area contributed by atoms with Crippen LogP contribution in [0.3, 0.4) is 0 Å². The Morgan fingerprint density at radius 2 is 1.12 bits per heavy atom. The maximum absolute atomic E-state index is 2.58. The molecule has 0 aliphatic carbocycles. The topological polar surface area (TPSA) is 9.34 Å². The summed E-state index contributed by atoms with van der Waals surface area (Å²) in [5, 5.41) is 10.7. The van der Waals surface area contributed by atoms with Crippen LogP contribution < -0.4 is 0 Å². The fourth-order valence-corrected chi connectivity index (χ4v) is 9.64. The Kier molecular flexibility index (Phi) is 4.22. The van der Waals surface area contributed by atoms with Gasteiger partial charge in [-0.3, -0.25) is 0 Å². The van der Waals surface area contributed by atoms with Crippen molar-refractivity contribution in [3.05, 3.63) is 133 Å². The molecule has 0 radical (unpaired) electrons. The van der Waals surface area contributed by atoms with Gasteiger partial charge in [0.2, 0.25) is 0 Å². The standard InChI is InChI=1S/C38H22N2Se/c1-4-16-32-26(12-1)27-13-2-5-17-33(27)39(32)25-11-7-10-24(21-25)35-22-31-29-15-8-9-23-19-20-30-28-14-3-6-18-34(28)40(38(31)41-35)37(30)36(23)29/h1-22H. The zero-order valence-corrected chi connectivity index (χ0v) is 23.7. The second-order valence-corrected chi connectivity index (χ2v) is 13.1. The van der Waals surface area contributed by atoms with Crippen LogP contribution in [0.4, 0.5) is 0 Å². The average molecular weight is 586 g/mol. The first kappa shape index (κ1) is 21.9. The number of benzene rings is 6.